The van der Waals surface area contributed by atoms with Crippen molar-refractivity contribution in [1.29, 1.82) is 0 Å². The van der Waals surface area contributed by atoms with E-state index in [-0.39, 0.29) is 12.0 Å². The summed E-state index contributed by atoms with van der Waals surface area (Å²) < 4.78 is 4.99. The number of hydrogen-bond donors (Lipinski definition) is 0. The van der Waals surface area contributed by atoms with Crippen LogP contribution in [0.4, 0.5) is 4.79 Å². The molecule has 0 aliphatic carbocycles. The Morgan fingerprint density at radius 1 is 1.15 bits per heavy atom. The molecule has 2 amide bonds. The van der Waals surface area contributed by atoms with Crippen molar-refractivity contribution in [2.75, 3.05) is 32.8 Å². The van der Waals surface area contributed by atoms with E-state index < -0.39 is 0 Å². The van der Waals surface area contributed by atoms with E-state index in [0.29, 0.717) is 49.9 Å². The van der Waals surface area contributed by atoms with Gasteiger partial charge in [-0.25, -0.2) is 14.8 Å². The zero-order valence-corrected chi connectivity index (χ0v) is 14.9. The van der Waals surface area contributed by atoms with Crippen LogP contribution in [0.3, 0.4) is 0 Å². The highest BCUT2D eigenvalue weighted by molar-refractivity contribution is 5.95. The summed E-state index contributed by atoms with van der Waals surface area (Å²) in [5, 5.41) is 0. The van der Waals surface area contributed by atoms with Gasteiger partial charge in [0.1, 0.15) is 0 Å². The second kappa shape index (κ2) is 7.90. The average Bonchev–Trinajstić information content (AvgIpc) is 2.68. The van der Waals surface area contributed by atoms with E-state index in [1.807, 2.05) is 12.1 Å². The lowest BCUT2D eigenvalue weighted by atomic mass is 10.2. The summed E-state index contributed by atoms with van der Waals surface area (Å²) in [7, 11) is 0. The number of pyridine rings is 1. The number of amides is 2. The summed E-state index contributed by atoms with van der Waals surface area (Å²) in [6.07, 6.45) is 4.60. The maximum Gasteiger partial charge on any atom is 0.409 e. The summed E-state index contributed by atoms with van der Waals surface area (Å²) >= 11 is 0. The van der Waals surface area contributed by atoms with Crippen LogP contribution < -0.4 is 0 Å². The number of piperazine rings is 1. The number of carbonyl (C=O) groups is 2. The minimum atomic E-state index is -0.333. The molecule has 1 aliphatic rings. The predicted octanol–water partition coefficient (Wildman–Crippen LogP) is 1.76. The Hall–Kier alpha value is -3.03. The molecule has 1 aliphatic heterocycles. The zero-order valence-electron chi connectivity index (χ0n) is 14.9. The Kier molecular flexibility index (Phi) is 5.40. The number of rotatable bonds is 3. The first-order valence-corrected chi connectivity index (χ1v) is 8.55. The van der Waals surface area contributed by atoms with Crippen LogP contribution in [0.1, 0.15) is 23.0 Å². The maximum atomic E-state index is 12.8. The van der Waals surface area contributed by atoms with Gasteiger partial charge in [0.2, 0.25) is 0 Å². The minimum Gasteiger partial charge on any atom is -0.450 e. The summed E-state index contributed by atoms with van der Waals surface area (Å²) in [5.41, 5.74) is 1.90. The van der Waals surface area contributed by atoms with Gasteiger partial charge in [0, 0.05) is 50.3 Å². The highest BCUT2D eigenvalue weighted by Gasteiger charge is 2.26. The molecule has 0 aromatic carbocycles. The molecule has 0 unspecified atom stereocenters. The van der Waals surface area contributed by atoms with E-state index in [9.17, 15) is 9.59 Å². The van der Waals surface area contributed by atoms with Crippen molar-refractivity contribution in [2.45, 2.75) is 13.8 Å². The third-order valence-electron chi connectivity index (χ3n) is 4.22. The smallest absolute Gasteiger partial charge is 0.409 e. The van der Waals surface area contributed by atoms with E-state index in [2.05, 4.69) is 15.0 Å². The molecular weight excluding hydrogens is 334 g/mol. The fraction of sp³-hybridized carbons (Fsp3) is 0.389. The molecule has 2 aromatic heterocycles. The molecule has 1 fully saturated rings. The number of aromatic nitrogens is 3. The van der Waals surface area contributed by atoms with Gasteiger partial charge in [-0.3, -0.25) is 9.78 Å². The van der Waals surface area contributed by atoms with Crippen LogP contribution in [0.15, 0.2) is 30.7 Å². The molecular formula is C18H21N5O3. The summed E-state index contributed by atoms with van der Waals surface area (Å²) in [4.78, 5) is 40.7. The third kappa shape index (κ3) is 3.79. The minimum absolute atomic E-state index is 0.122. The lowest BCUT2D eigenvalue weighted by Gasteiger charge is -2.34. The van der Waals surface area contributed by atoms with E-state index in [1.165, 1.54) is 0 Å². The predicted molar refractivity (Wildman–Crippen MR) is 94.5 cm³/mol. The normalized spacial score (nSPS) is 14.2. The molecule has 0 radical (unpaired) electrons. The van der Waals surface area contributed by atoms with Crippen LogP contribution in [0, 0.1) is 6.92 Å². The number of carbonyl (C=O) groups excluding carboxylic acids is 2. The van der Waals surface area contributed by atoms with Crippen molar-refractivity contribution >= 4 is 12.0 Å². The number of hydrogen-bond acceptors (Lipinski definition) is 6. The second-order valence-electron chi connectivity index (χ2n) is 5.91. The van der Waals surface area contributed by atoms with Crippen LogP contribution in [-0.2, 0) is 4.74 Å². The molecule has 0 N–H and O–H groups in total. The van der Waals surface area contributed by atoms with Gasteiger partial charge in [0.25, 0.3) is 5.91 Å². The van der Waals surface area contributed by atoms with Gasteiger partial charge in [0.05, 0.1) is 17.9 Å². The fourth-order valence-electron chi connectivity index (χ4n) is 2.79. The molecule has 26 heavy (non-hydrogen) atoms. The van der Waals surface area contributed by atoms with Gasteiger partial charge in [0.15, 0.2) is 5.82 Å². The first-order valence-electron chi connectivity index (χ1n) is 8.55. The number of nitrogens with zero attached hydrogens (tertiary/aromatic N) is 5. The topological polar surface area (TPSA) is 88.5 Å². The molecule has 2 aromatic rings. The first kappa shape index (κ1) is 17.8. The molecule has 0 spiro atoms. The Balaban J connectivity index is 1.68. The fourth-order valence-corrected chi connectivity index (χ4v) is 2.79. The van der Waals surface area contributed by atoms with Crippen LogP contribution in [0.25, 0.3) is 11.4 Å². The summed E-state index contributed by atoms with van der Waals surface area (Å²) in [6.45, 7) is 5.75. The second-order valence-corrected chi connectivity index (χ2v) is 5.91. The quantitative estimate of drug-likeness (QED) is 0.834. The molecule has 3 heterocycles. The Morgan fingerprint density at radius 2 is 1.88 bits per heavy atom. The van der Waals surface area contributed by atoms with Gasteiger partial charge in [-0.1, -0.05) is 0 Å². The molecule has 1 saturated heterocycles. The lowest BCUT2D eigenvalue weighted by molar-refractivity contribution is 0.0569. The molecule has 0 bridgehead atoms. The number of aryl methyl sites for hydroxylation is 1. The van der Waals surface area contributed by atoms with Crippen molar-refractivity contribution in [2.24, 2.45) is 0 Å². The maximum absolute atomic E-state index is 12.8. The zero-order chi connectivity index (χ0) is 18.5. The Bertz CT molecular complexity index is 789. The first-order chi connectivity index (χ1) is 12.6. The van der Waals surface area contributed by atoms with Gasteiger partial charge in [-0.05, 0) is 26.0 Å². The number of ether oxygens (including phenoxy) is 1. The Morgan fingerprint density at radius 3 is 2.50 bits per heavy atom. The standard InChI is InChI=1S/C18H21N5O3/c1-3-26-18(25)23-9-7-22(8-10-23)17(24)15-12-20-16(21-13(15)2)14-5-4-6-19-11-14/h4-6,11-12H,3,7-10H2,1-2H3. The largest absolute Gasteiger partial charge is 0.450 e. The molecule has 3 rings (SSSR count). The lowest BCUT2D eigenvalue weighted by Crippen LogP contribution is -2.50. The van der Waals surface area contributed by atoms with Crippen LogP contribution in [-0.4, -0.2) is 69.5 Å². The van der Waals surface area contributed by atoms with E-state index >= 15 is 0 Å². The molecule has 0 atom stereocenters. The summed E-state index contributed by atoms with van der Waals surface area (Å²) in [6, 6.07) is 3.69. The average molecular weight is 355 g/mol. The van der Waals surface area contributed by atoms with Gasteiger partial charge in [-0.2, -0.15) is 0 Å². The molecule has 0 saturated carbocycles. The van der Waals surface area contributed by atoms with Crippen molar-refractivity contribution in [3.8, 4) is 11.4 Å². The van der Waals surface area contributed by atoms with Crippen molar-refractivity contribution in [3.63, 3.8) is 0 Å². The van der Waals surface area contributed by atoms with Crippen LogP contribution in [0.5, 0.6) is 0 Å². The van der Waals surface area contributed by atoms with E-state index in [0.717, 1.165) is 5.56 Å². The van der Waals surface area contributed by atoms with Gasteiger partial charge < -0.3 is 14.5 Å². The van der Waals surface area contributed by atoms with Crippen molar-refractivity contribution in [3.05, 3.63) is 42.0 Å². The Labute approximate surface area is 151 Å². The van der Waals surface area contributed by atoms with Crippen LogP contribution in [0.2, 0.25) is 0 Å². The van der Waals surface area contributed by atoms with Crippen molar-refractivity contribution in [1.82, 2.24) is 24.8 Å². The molecule has 8 heteroatoms. The van der Waals surface area contributed by atoms with Gasteiger partial charge >= 0.3 is 6.09 Å². The third-order valence-corrected chi connectivity index (χ3v) is 4.22. The summed E-state index contributed by atoms with van der Waals surface area (Å²) in [5.74, 6) is 0.419. The monoisotopic (exact) mass is 355 g/mol. The van der Waals surface area contributed by atoms with Gasteiger partial charge in [-0.15, -0.1) is 0 Å². The molecule has 136 valence electrons. The SMILES string of the molecule is CCOC(=O)N1CCN(C(=O)c2cnc(-c3cccnc3)nc2C)CC1. The molecule has 8 nitrogen and oxygen atoms in total. The van der Waals surface area contributed by atoms with Crippen molar-refractivity contribution < 1.29 is 14.3 Å². The van der Waals surface area contributed by atoms with Crippen LogP contribution >= 0.6 is 0 Å². The highest BCUT2D eigenvalue weighted by Crippen LogP contribution is 2.17. The highest BCUT2D eigenvalue weighted by atomic mass is 16.6. The van der Waals surface area contributed by atoms with E-state index in [1.54, 1.807) is 42.2 Å². The van der Waals surface area contributed by atoms with E-state index in [4.69, 9.17) is 4.74 Å².